The topological polar surface area (TPSA) is 69.7 Å². The van der Waals surface area contributed by atoms with Crippen molar-refractivity contribution < 1.29 is 23.9 Å². The highest BCUT2D eigenvalue weighted by Crippen LogP contribution is 2.13. The van der Waals surface area contributed by atoms with Crippen molar-refractivity contribution in [2.75, 3.05) is 6.61 Å². The molecular weight excluding hydrogens is 308 g/mol. The van der Waals surface area contributed by atoms with Crippen molar-refractivity contribution in [3.8, 4) is 5.75 Å². The van der Waals surface area contributed by atoms with Crippen molar-refractivity contribution in [3.63, 3.8) is 0 Å². The summed E-state index contributed by atoms with van der Waals surface area (Å²) >= 11 is 0. The van der Waals surface area contributed by atoms with Crippen LogP contribution in [0.4, 0.5) is 0 Å². The van der Waals surface area contributed by atoms with Gasteiger partial charge >= 0.3 is 5.97 Å². The molecule has 0 amide bonds. The van der Waals surface area contributed by atoms with Gasteiger partial charge in [-0.25, -0.2) is 4.79 Å². The van der Waals surface area contributed by atoms with Gasteiger partial charge in [-0.1, -0.05) is 30.3 Å². The summed E-state index contributed by atoms with van der Waals surface area (Å²) in [6, 6.07) is 15.7. The quantitative estimate of drug-likeness (QED) is 0.424. The number of benzene rings is 2. The third-order valence-corrected chi connectivity index (χ3v) is 3.30. The summed E-state index contributed by atoms with van der Waals surface area (Å²) in [6.45, 7) is 1.62. The van der Waals surface area contributed by atoms with Crippen LogP contribution in [0.15, 0.2) is 54.6 Å². The maximum absolute atomic E-state index is 11.7. The number of rotatable bonds is 8. The average molecular weight is 326 g/mol. The molecule has 2 rings (SSSR count). The molecule has 0 N–H and O–H groups in total. The van der Waals surface area contributed by atoms with E-state index in [1.165, 1.54) is 6.92 Å². The van der Waals surface area contributed by atoms with Crippen molar-refractivity contribution >= 4 is 17.5 Å². The van der Waals surface area contributed by atoms with Crippen LogP contribution in [0.25, 0.3) is 0 Å². The number of hydrogen-bond donors (Lipinski definition) is 0. The van der Waals surface area contributed by atoms with E-state index in [1.807, 2.05) is 30.3 Å². The number of esters is 1. The van der Waals surface area contributed by atoms with Crippen LogP contribution in [0.3, 0.4) is 0 Å². The summed E-state index contributed by atoms with van der Waals surface area (Å²) in [6.07, 6.45) is -0.0674. The SMILES string of the molecule is CC(=O)c1ccc(OCCC(=O)C(=O)OCc2ccccc2)cc1. The van der Waals surface area contributed by atoms with Gasteiger partial charge in [0.05, 0.1) is 13.0 Å². The molecule has 0 bridgehead atoms. The van der Waals surface area contributed by atoms with Gasteiger partial charge in [0.15, 0.2) is 5.78 Å². The Morgan fingerprint density at radius 2 is 1.58 bits per heavy atom. The lowest BCUT2D eigenvalue weighted by atomic mass is 10.1. The third kappa shape index (κ3) is 5.35. The van der Waals surface area contributed by atoms with E-state index in [-0.39, 0.29) is 25.4 Å². The van der Waals surface area contributed by atoms with Crippen molar-refractivity contribution in [3.05, 3.63) is 65.7 Å². The van der Waals surface area contributed by atoms with Crippen LogP contribution in [0, 0.1) is 0 Å². The second kappa shape index (κ2) is 8.62. The summed E-state index contributed by atoms with van der Waals surface area (Å²) in [5.74, 6) is -0.996. The van der Waals surface area contributed by atoms with Crippen LogP contribution in [-0.2, 0) is 20.9 Å². The van der Waals surface area contributed by atoms with Crippen LogP contribution >= 0.6 is 0 Å². The summed E-state index contributed by atoms with van der Waals surface area (Å²) in [7, 11) is 0. The van der Waals surface area contributed by atoms with Gasteiger partial charge in [-0.05, 0) is 36.8 Å². The molecule has 124 valence electrons. The molecule has 0 aliphatic heterocycles. The molecule has 5 heteroatoms. The molecule has 0 aromatic heterocycles. The Balaban J connectivity index is 1.72. The Labute approximate surface area is 140 Å². The summed E-state index contributed by atoms with van der Waals surface area (Å²) in [5.41, 5.74) is 1.41. The maximum Gasteiger partial charge on any atom is 0.375 e. The molecule has 0 saturated carbocycles. The first kappa shape index (κ1) is 17.4. The fourth-order valence-electron chi connectivity index (χ4n) is 1.95. The van der Waals surface area contributed by atoms with E-state index in [2.05, 4.69) is 0 Å². The van der Waals surface area contributed by atoms with E-state index in [1.54, 1.807) is 24.3 Å². The van der Waals surface area contributed by atoms with Gasteiger partial charge in [0.25, 0.3) is 0 Å². The van der Waals surface area contributed by atoms with E-state index in [9.17, 15) is 14.4 Å². The molecule has 0 saturated heterocycles. The Morgan fingerprint density at radius 3 is 2.21 bits per heavy atom. The normalized spacial score (nSPS) is 10.0. The number of ether oxygens (including phenoxy) is 2. The van der Waals surface area contributed by atoms with Crippen LogP contribution < -0.4 is 4.74 Å². The molecule has 0 aliphatic rings. The first-order valence-corrected chi connectivity index (χ1v) is 7.54. The maximum atomic E-state index is 11.7. The number of carbonyl (C=O) groups excluding carboxylic acids is 3. The van der Waals surface area contributed by atoms with E-state index in [0.29, 0.717) is 11.3 Å². The lowest BCUT2D eigenvalue weighted by molar-refractivity contribution is -0.155. The first-order chi connectivity index (χ1) is 11.6. The van der Waals surface area contributed by atoms with E-state index >= 15 is 0 Å². The Morgan fingerprint density at radius 1 is 0.917 bits per heavy atom. The van der Waals surface area contributed by atoms with Crippen molar-refractivity contribution in [2.45, 2.75) is 20.0 Å². The third-order valence-electron chi connectivity index (χ3n) is 3.30. The summed E-state index contributed by atoms with van der Waals surface area (Å²) in [4.78, 5) is 34.5. The van der Waals surface area contributed by atoms with Crippen molar-refractivity contribution in [2.24, 2.45) is 0 Å². The highest BCUT2D eigenvalue weighted by molar-refractivity contribution is 6.33. The van der Waals surface area contributed by atoms with Gasteiger partial charge in [-0.15, -0.1) is 0 Å². The van der Waals surface area contributed by atoms with E-state index < -0.39 is 11.8 Å². The molecule has 5 nitrogen and oxygen atoms in total. The van der Waals surface area contributed by atoms with Crippen LogP contribution in [0.1, 0.15) is 29.3 Å². The van der Waals surface area contributed by atoms with Gasteiger partial charge in [-0.3, -0.25) is 9.59 Å². The van der Waals surface area contributed by atoms with Crippen LogP contribution in [-0.4, -0.2) is 24.1 Å². The minimum absolute atomic E-state index is 0.0297. The fourth-order valence-corrected chi connectivity index (χ4v) is 1.95. The molecule has 2 aromatic carbocycles. The minimum Gasteiger partial charge on any atom is -0.493 e. The van der Waals surface area contributed by atoms with Gasteiger partial charge in [0.1, 0.15) is 12.4 Å². The van der Waals surface area contributed by atoms with Gasteiger partial charge in [0.2, 0.25) is 5.78 Å². The molecule has 0 radical (unpaired) electrons. The van der Waals surface area contributed by atoms with Gasteiger partial charge in [-0.2, -0.15) is 0 Å². The summed E-state index contributed by atoms with van der Waals surface area (Å²) < 4.78 is 10.3. The molecule has 0 aliphatic carbocycles. The monoisotopic (exact) mass is 326 g/mol. The van der Waals surface area contributed by atoms with E-state index in [0.717, 1.165) is 5.56 Å². The zero-order valence-corrected chi connectivity index (χ0v) is 13.4. The molecule has 2 aromatic rings. The highest BCUT2D eigenvalue weighted by Gasteiger charge is 2.15. The Kier molecular flexibility index (Phi) is 6.25. The lowest BCUT2D eigenvalue weighted by Gasteiger charge is -2.07. The predicted octanol–water partition coefficient (Wildman–Crippen LogP) is 2.97. The Hall–Kier alpha value is -2.95. The molecule has 0 heterocycles. The number of Topliss-reactive ketones (excluding diaryl/α,β-unsaturated/α-hetero) is 2. The van der Waals surface area contributed by atoms with Gasteiger partial charge in [0, 0.05) is 5.56 Å². The van der Waals surface area contributed by atoms with Crippen molar-refractivity contribution in [1.82, 2.24) is 0 Å². The highest BCUT2D eigenvalue weighted by atomic mass is 16.5. The fraction of sp³-hybridized carbons (Fsp3) is 0.211. The average Bonchev–Trinajstić information content (AvgIpc) is 2.61. The zero-order valence-electron chi connectivity index (χ0n) is 13.4. The van der Waals surface area contributed by atoms with E-state index in [4.69, 9.17) is 9.47 Å². The van der Waals surface area contributed by atoms with Crippen molar-refractivity contribution in [1.29, 1.82) is 0 Å². The standard InChI is InChI=1S/C19H18O5/c1-14(20)16-7-9-17(10-8-16)23-12-11-18(21)19(22)24-13-15-5-3-2-4-6-15/h2-10H,11-13H2,1H3. The predicted molar refractivity (Wildman–Crippen MR) is 87.8 cm³/mol. The van der Waals surface area contributed by atoms with Gasteiger partial charge < -0.3 is 9.47 Å². The van der Waals surface area contributed by atoms with Crippen LogP contribution in [0.2, 0.25) is 0 Å². The largest absolute Gasteiger partial charge is 0.493 e. The molecule has 0 atom stereocenters. The zero-order chi connectivity index (χ0) is 17.4. The molecule has 24 heavy (non-hydrogen) atoms. The smallest absolute Gasteiger partial charge is 0.375 e. The Bertz CT molecular complexity index is 704. The number of ketones is 2. The minimum atomic E-state index is -0.866. The van der Waals surface area contributed by atoms with Crippen LogP contribution in [0.5, 0.6) is 5.75 Å². The molecular formula is C19H18O5. The summed E-state index contributed by atoms with van der Waals surface area (Å²) in [5, 5.41) is 0. The molecule has 0 fully saturated rings. The molecule has 0 spiro atoms. The second-order valence-corrected chi connectivity index (χ2v) is 5.16. The second-order valence-electron chi connectivity index (χ2n) is 5.16. The number of carbonyl (C=O) groups is 3. The number of hydrogen-bond acceptors (Lipinski definition) is 5. The lowest BCUT2D eigenvalue weighted by Crippen LogP contribution is -2.19. The first-order valence-electron chi connectivity index (χ1n) is 7.54. The molecule has 0 unspecified atom stereocenters.